The molecule has 5 heteroatoms. The van der Waals surface area contributed by atoms with Gasteiger partial charge >= 0.3 is 0 Å². The molecule has 0 amide bonds. The van der Waals surface area contributed by atoms with Crippen molar-refractivity contribution in [1.29, 1.82) is 0 Å². The molecule has 0 fully saturated rings. The number of rotatable bonds is 5. The van der Waals surface area contributed by atoms with Gasteiger partial charge in [-0.15, -0.1) is 0 Å². The Morgan fingerprint density at radius 2 is 1.81 bits per heavy atom. The van der Waals surface area contributed by atoms with Crippen molar-refractivity contribution in [3.05, 3.63) is 84.9 Å². The Balaban J connectivity index is 0.000000906. The topological polar surface area (TPSA) is 56.3 Å². The number of aromatic nitrogens is 2. The average Bonchev–Trinajstić information content (AvgIpc) is 3.27. The monoisotopic (exact) mass is 363 g/mol. The molecule has 27 heavy (non-hydrogen) atoms. The van der Waals surface area contributed by atoms with Crippen molar-refractivity contribution in [2.45, 2.75) is 19.8 Å². The van der Waals surface area contributed by atoms with E-state index in [1.54, 1.807) is 18.7 Å². The van der Waals surface area contributed by atoms with Crippen LogP contribution in [0.1, 0.15) is 26.8 Å². The molecule has 0 saturated carbocycles. The molecule has 1 aliphatic rings. The third-order valence-corrected chi connectivity index (χ3v) is 3.89. The number of nitrogens with one attached hydrogen (secondary N) is 1. The van der Waals surface area contributed by atoms with Crippen LogP contribution in [0.3, 0.4) is 0 Å². The lowest BCUT2D eigenvalue weighted by Gasteiger charge is -2.13. The summed E-state index contributed by atoms with van der Waals surface area (Å²) in [6, 6.07) is 17.4. The number of ether oxygens (including phenoxy) is 2. The highest BCUT2D eigenvalue weighted by Crippen LogP contribution is 2.32. The van der Waals surface area contributed by atoms with Crippen LogP contribution in [0.15, 0.2) is 79.3 Å². The minimum atomic E-state index is 0. The van der Waals surface area contributed by atoms with Crippen LogP contribution >= 0.6 is 0 Å². The number of pyridine rings is 2. The number of hydrogen-bond donors (Lipinski definition) is 1. The molecule has 140 valence electrons. The number of nitrogens with zero attached hydrogens (tertiary/aromatic N) is 2. The zero-order chi connectivity index (χ0) is 18.9. The van der Waals surface area contributed by atoms with Crippen LogP contribution in [-0.4, -0.2) is 16.6 Å². The molecule has 2 aromatic heterocycles. The van der Waals surface area contributed by atoms with E-state index in [-0.39, 0.29) is 7.34 Å². The summed E-state index contributed by atoms with van der Waals surface area (Å²) in [4.78, 5) is 8.62. The van der Waals surface area contributed by atoms with Crippen molar-refractivity contribution in [3.63, 3.8) is 0 Å². The van der Waals surface area contributed by atoms with Crippen molar-refractivity contribution < 1.29 is 10.9 Å². The highest BCUT2D eigenvalue weighted by molar-refractivity contribution is 5.57. The summed E-state index contributed by atoms with van der Waals surface area (Å²) in [5, 5.41) is 3.24. The van der Waals surface area contributed by atoms with E-state index < -0.39 is 0 Å². The van der Waals surface area contributed by atoms with Crippen molar-refractivity contribution >= 4 is 11.5 Å². The molecule has 0 spiro atoms. The molecular weight excluding hydrogens is 338 g/mol. The molecule has 4 rings (SSSR count). The number of hydrogen-bond acceptors (Lipinski definition) is 5. The molecule has 3 heterocycles. The molecule has 0 radical (unpaired) electrons. The summed E-state index contributed by atoms with van der Waals surface area (Å²) in [5.74, 6) is 2.31. The first-order valence-electron chi connectivity index (χ1n) is 9.08. The fourth-order valence-corrected chi connectivity index (χ4v) is 2.63. The van der Waals surface area contributed by atoms with Gasteiger partial charge in [-0.2, -0.15) is 0 Å². The van der Waals surface area contributed by atoms with Gasteiger partial charge in [-0.3, -0.25) is 0 Å². The van der Waals surface area contributed by atoms with E-state index in [1.165, 1.54) is 0 Å². The minimum Gasteiger partial charge on any atom is -0.501 e. The molecule has 1 unspecified atom stereocenters. The van der Waals surface area contributed by atoms with Gasteiger partial charge in [0.25, 0.3) is 0 Å². The predicted octanol–water partition coefficient (Wildman–Crippen LogP) is 5.91. The second-order valence-electron chi connectivity index (χ2n) is 5.63. The van der Waals surface area contributed by atoms with E-state index in [0.29, 0.717) is 12.5 Å². The Bertz CT molecular complexity index is 870. The molecule has 3 aromatic rings. The van der Waals surface area contributed by atoms with Crippen LogP contribution < -0.4 is 10.1 Å². The fourth-order valence-electron chi connectivity index (χ4n) is 2.63. The Labute approximate surface area is 161 Å². The largest absolute Gasteiger partial charge is 0.501 e. The summed E-state index contributed by atoms with van der Waals surface area (Å²) >= 11 is 0. The Morgan fingerprint density at radius 3 is 2.52 bits per heavy atom. The zero-order valence-corrected chi connectivity index (χ0v) is 15.5. The molecule has 0 saturated heterocycles. The zero-order valence-electron chi connectivity index (χ0n) is 15.5. The lowest BCUT2D eigenvalue weighted by molar-refractivity contribution is 0.268. The number of benzene rings is 1. The van der Waals surface area contributed by atoms with Crippen molar-refractivity contribution in [1.82, 2.24) is 9.97 Å². The van der Waals surface area contributed by atoms with Crippen molar-refractivity contribution in [2.24, 2.45) is 0 Å². The van der Waals surface area contributed by atoms with E-state index in [0.717, 1.165) is 22.8 Å². The Kier molecular flexibility index (Phi) is 6.41. The third kappa shape index (κ3) is 4.85. The first kappa shape index (κ1) is 18.5. The van der Waals surface area contributed by atoms with Crippen LogP contribution in [0, 0.1) is 0 Å². The Hall–Kier alpha value is -3.34. The average molecular weight is 363 g/mol. The lowest BCUT2D eigenvalue weighted by Crippen LogP contribution is -2.02. The smallest absolute Gasteiger partial charge is 0.223 e. The summed E-state index contributed by atoms with van der Waals surface area (Å²) in [6.07, 6.45) is 7.22. The van der Waals surface area contributed by atoms with Gasteiger partial charge < -0.3 is 14.8 Å². The van der Waals surface area contributed by atoms with Gasteiger partial charge in [0.15, 0.2) is 0 Å². The maximum atomic E-state index is 5.98. The van der Waals surface area contributed by atoms with Crippen molar-refractivity contribution in [2.75, 3.05) is 11.9 Å². The summed E-state index contributed by atoms with van der Waals surface area (Å²) < 4.78 is 11.3. The molecule has 0 aliphatic carbocycles. The highest BCUT2D eigenvalue weighted by Gasteiger charge is 2.18. The quantitative estimate of drug-likeness (QED) is 0.610. The first-order chi connectivity index (χ1) is 13.4. The van der Waals surface area contributed by atoms with Crippen LogP contribution in [0.2, 0.25) is 0 Å². The van der Waals surface area contributed by atoms with Crippen LogP contribution in [0.4, 0.5) is 11.5 Å². The first-order valence-corrected chi connectivity index (χ1v) is 9.08. The van der Waals surface area contributed by atoms with Crippen LogP contribution in [-0.2, 0) is 4.74 Å². The van der Waals surface area contributed by atoms with Crippen molar-refractivity contribution in [3.8, 4) is 11.6 Å². The lowest BCUT2D eigenvalue weighted by atomic mass is 10.0. The second-order valence-corrected chi connectivity index (χ2v) is 5.63. The maximum absolute atomic E-state index is 5.98. The second kappa shape index (κ2) is 9.38. The van der Waals surface area contributed by atoms with E-state index in [2.05, 4.69) is 15.3 Å². The van der Waals surface area contributed by atoms with Crippen LogP contribution in [0.5, 0.6) is 11.6 Å². The predicted molar refractivity (Wildman–Crippen MR) is 110 cm³/mol. The molecule has 1 atom stereocenters. The normalized spacial score (nSPS) is 14.7. The highest BCUT2D eigenvalue weighted by atomic mass is 16.5. The SMILES string of the molecule is C1=CC(c2cccnc2Oc2ccc(Nc3ccccn3)cc2)CO1.CC.[HH]. The summed E-state index contributed by atoms with van der Waals surface area (Å²) in [7, 11) is 0. The van der Waals surface area contributed by atoms with Gasteiger partial charge in [-0.05, 0) is 48.5 Å². The van der Waals surface area contributed by atoms with Gasteiger partial charge in [-0.25, -0.2) is 9.97 Å². The fraction of sp³-hybridized carbons (Fsp3) is 0.182. The summed E-state index contributed by atoms with van der Waals surface area (Å²) in [6.45, 7) is 4.62. The standard InChI is InChI=1S/C20H17N3O2.C2H6.H2/c1-2-11-21-19(5-1)23-16-6-8-17(9-7-16)25-20-18(4-3-12-22-20)15-10-13-24-14-15;1-2;/h1-13,15H,14H2,(H,21,23);1-2H3;1H. The van der Waals surface area contributed by atoms with E-state index in [9.17, 15) is 0 Å². The van der Waals surface area contributed by atoms with Gasteiger partial charge in [0.1, 0.15) is 11.6 Å². The Morgan fingerprint density at radius 1 is 1.00 bits per heavy atom. The summed E-state index contributed by atoms with van der Waals surface area (Å²) in [5.41, 5.74) is 1.96. The van der Waals surface area contributed by atoms with Gasteiger partial charge in [0, 0.05) is 31.0 Å². The molecule has 1 aliphatic heterocycles. The molecule has 1 N–H and O–H groups in total. The molecule has 1 aromatic carbocycles. The maximum Gasteiger partial charge on any atom is 0.223 e. The van der Waals surface area contributed by atoms with E-state index in [4.69, 9.17) is 9.47 Å². The molecule has 5 nitrogen and oxygen atoms in total. The van der Waals surface area contributed by atoms with Crippen LogP contribution in [0.25, 0.3) is 0 Å². The minimum absolute atomic E-state index is 0. The van der Waals surface area contributed by atoms with Gasteiger partial charge in [0.05, 0.1) is 12.9 Å². The molecular formula is C22H25N3O2. The van der Waals surface area contributed by atoms with E-state index >= 15 is 0 Å². The number of anilines is 2. The van der Waals surface area contributed by atoms with E-state index in [1.807, 2.05) is 74.5 Å². The third-order valence-electron chi connectivity index (χ3n) is 3.89. The van der Waals surface area contributed by atoms with Gasteiger partial charge in [0.2, 0.25) is 5.88 Å². The van der Waals surface area contributed by atoms with Gasteiger partial charge in [-0.1, -0.05) is 26.0 Å². The molecule has 0 bridgehead atoms.